The molecular weight excluding hydrogens is 350 g/mol. The van der Waals surface area contributed by atoms with Crippen LogP contribution in [0.2, 0.25) is 0 Å². The van der Waals surface area contributed by atoms with Gasteiger partial charge < -0.3 is 16.0 Å². The fraction of sp³-hybridized carbons (Fsp3) is 0.211. The second-order valence-corrected chi connectivity index (χ2v) is 7.06. The molecule has 0 spiro atoms. The lowest BCUT2D eigenvalue weighted by atomic mass is 10.1. The Bertz CT molecular complexity index is 867. The van der Waals surface area contributed by atoms with E-state index in [1.807, 2.05) is 24.3 Å². The Kier molecular flexibility index (Phi) is 5.58. The molecule has 0 saturated carbocycles. The lowest BCUT2D eigenvalue weighted by Gasteiger charge is -2.10. The van der Waals surface area contributed by atoms with Crippen molar-refractivity contribution in [1.29, 1.82) is 0 Å². The molecule has 1 aliphatic heterocycles. The van der Waals surface area contributed by atoms with Gasteiger partial charge in [-0.05, 0) is 35.9 Å². The van der Waals surface area contributed by atoms with E-state index in [1.165, 1.54) is 6.92 Å². The molecule has 134 valence electrons. The maximum atomic E-state index is 12.4. The molecule has 3 amide bonds. The predicted octanol–water partition coefficient (Wildman–Crippen LogP) is 3.01. The maximum absolute atomic E-state index is 12.4. The van der Waals surface area contributed by atoms with Gasteiger partial charge in [-0.3, -0.25) is 14.4 Å². The monoisotopic (exact) mass is 369 g/mol. The second kappa shape index (κ2) is 8.05. The quantitative estimate of drug-likeness (QED) is 0.773. The summed E-state index contributed by atoms with van der Waals surface area (Å²) in [5.41, 5.74) is 2.74. The molecule has 0 unspecified atom stereocenters. The molecule has 0 aliphatic carbocycles. The number of anilines is 2. The Labute approximate surface area is 155 Å². The van der Waals surface area contributed by atoms with Crippen LogP contribution >= 0.6 is 11.8 Å². The van der Waals surface area contributed by atoms with Gasteiger partial charge in [-0.15, -0.1) is 11.8 Å². The number of thioether (sulfide) groups is 1. The minimum Gasteiger partial charge on any atom is -0.348 e. The van der Waals surface area contributed by atoms with Crippen LogP contribution in [0.15, 0.2) is 47.4 Å². The van der Waals surface area contributed by atoms with Gasteiger partial charge in [-0.2, -0.15) is 0 Å². The van der Waals surface area contributed by atoms with E-state index in [9.17, 15) is 14.4 Å². The average molecular weight is 369 g/mol. The van der Waals surface area contributed by atoms with Crippen molar-refractivity contribution >= 4 is 40.9 Å². The molecule has 0 radical (unpaired) electrons. The van der Waals surface area contributed by atoms with Crippen molar-refractivity contribution in [3.05, 3.63) is 53.6 Å². The van der Waals surface area contributed by atoms with E-state index >= 15 is 0 Å². The number of amides is 3. The molecular formula is C19H19N3O3S. The summed E-state index contributed by atoms with van der Waals surface area (Å²) in [6.07, 6.45) is 0.464. The minimum atomic E-state index is -0.221. The highest BCUT2D eigenvalue weighted by Gasteiger charge is 2.15. The van der Waals surface area contributed by atoms with E-state index in [-0.39, 0.29) is 17.7 Å². The third-order valence-corrected chi connectivity index (χ3v) is 4.88. The van der Waals surface area contributed by atoms with Gasteiger partial charge >= 0.3 is 0 Å². The van der Waals surface area contributed by atoms with E-state index in [0.29, 0.717) is 29.9 Å². The summed E-state index contributed by atoms with van der Waals surface area (Å²) >= 11 is 1.60. The van der Waals surface area contributed by atoms with Crippen LogP contribution in [-0.2, 0) is 16.1 Å². The average Bonchev–Trinajstić information content (AvgIpc) is 2.79. The van der Waals surface area contributed by atoms with Crippen LogP contribution in [0.1, 0.15) is 29.3 Å². The first-order valence-corrected chi connectivity index (χ1v) is 9.21. The zero-order chi connectivity index (χ0) is 18.5. The van der Waals surface area contributed by atoms with Crippen molar-refractivity contribution in [1.82, 2.24) is 5.32 Å². The molecule has 0 fully saturated rings. The van der Waals surface area contributed by atoms with Gasteiger partial charge in [-0.25, -0.2) is 0 Å². The van der Waals surface area contributed by atoms with Gasteiger partial charge in [-0.1, -0.05) is 12.1 Å². The van der Waals surface area contributed by atoms with Gasteiger partial charge in [0, 0.05) is 41.8 Å². The molecule has 2 aromatic rings. The minimum absolute atomic E-state index is 0.0383. The Morgan fingerprint density at radius 2 is 2.04 bits per heavy atom. The van der Waals surface area contributed by atoms with Crippen molar-refractivity contribution in [3.8, 4) is 0 Å². The number of carbonyl (C=O) groups is 3. The fourth-order valence-corrected chi connectivity index (χ4v) is 3.54. The number of hydrogen-bond donors (Lipinski definition) is 3. The first-order chi connectivity index (χ1) is 12.5. The van der Waals surface area contributed by atoms with E-state index in [1.54, 1.807) is 30.0 Å². The Morgan fingerprint density at radius 1 is 1.19 bits per heavy atom. The first-order valence-electron chi connectivity index (χ1n) is 8.23. The SMILES string of the molecule is CC(=O)Nc1cccc(CNC(=O)c2ccc3c(c2)NC(=O)CCS3)c1. The van der Waals surface area contributed by atoms with Crippen LogP contribution in [0.4, 0.5) is 11.4 Å². The molecule has 0 saturated heterocycles. The standard InChI is InChI=1S/C19H19N3O3S/c1-12(23)21-15-4-2-3-13(9-15)11-20-19(25)14-5-6-17-16(10-14)22-18(24)7-8-26-17/h2-6,9-10H,7-8,11H2,1H3,(H,20,25)(H,21,23)(H,22,24). The van der Waals surface area contributed by atoms with Crippen molar-refractivity contribution in [2.75, 3.05) is 16.4 Å². The summed E-state index contributed by atoms with van der Waals surface area (Å²) in [4.78, 5) is 36.2. The van der Waals surface area contributed by atoms with E-state index in [4.69, 9.17) is 0 Å². The third kappa shape index (κ3) is 4.64. The molecule has 26 heavy (non-hydrogen) atoms. The summed E-state index contributed by atoms with van der Waals surface area (Å²) < 4.78 is 0. The van der Waals surface area contributed by atoms with Gasteiger partial charge in [0.2, 0.25) is 11.8 Å². The molecule has 1 heterocycles. The van der Waals surface area contributed by atoms with Gasteiger partial charge in [0.1, 0.15) is 0 Å². The number of rotatable bonds is 4. The normalized spacial score (nSPS) is 13.2. The first kappa shape index (κ1) is 18.0. The van der Waals surface area contributed by atoms with E-state index < -0.39 is 0 Å². The predicted molar refractivity (Wildman–Crippen MR) is 102 cm³/mol. The summed E-state index contributed by atoms with van der Waals surface area (Å²) in [5.74, 6) is 0.329. The van der Waals surface area contributed by atoms with Crippen LogP contribution < -0.4 is 16.0 Å². The zero-order valence-corrected chi connectivity index (χ0v) is 15.1. The molecule has 0 aromatic heterocycles. The smallest absolute Gasteiger partial charge is 0.251 e. The lowest BCUT2D eigenvalue weighted by Crippen LogP contribution is -2.23. The van der Waals surface area contributed by atoms with Gasteiger partial charge in [0.15, 0.2) is 0 Å². The molecule has 0 atom stereocenters. The second-order valence-electron chi connectivity index (χ2n) is 5.92. The Morgan fingerprint density at radius 3 is 2.85 bits per heavy atom. The molecule has 7 heteroatoms. The lowest BCUT2D eigenvalue weighted by molar-refractivity contribution is -0.116. The number of carbonyl (C=O) groups excluding carboxylic acids is 3. The Hall–Kier alpha value is -2.80. The maximum Gasteiger partial charge on any atom is 0.251 e. The van der Waals surface area contributed by atoms with Crippen LogP contribution in [0.3, 0.4) is 0 Å². The van der Waals surface area contributed by atoms with Crippen LogP contribution in [0, 0.1) is 0 Å². The van der Waals surface area contributed by atoms with Crippen molar-refractivity contribution in [2.45, 2.75) is 24.8 Å². The summed E-state index contributed by atoms with van der Waals surface area (Å²) in [5, 5.41) is 8.41. The van der Waals surface area contributed by atoms with Crippen molar-refractivity contribution in [2.24, 2.45) is 0 Å². The summed E-state index contributed by atoms with van der Waals surface area (Å²) in [6, 6.07) is 12.6. The van der Waals surface area contributed by atoms with Gasteiger partial charge in [0.05, 0.1) is 5.69 Å². The van der Waals surface area contributed by atoms with Crippen LogP contribution in [0.5, 0.6) is 0 Å². The highest BCUT2D eigenvalue weighted by molar-refractivity contribution is 7.99. The Balaban J connectivity index is 1.67. The van der Waals surface area contributed by atoms with Crippen LogP contribution in [0.25, 0.3) is 0 Å². The summed E-state index contributed by atoms with van der Waals surface area (Å²) in [6.45, 7) is 1.79. The fourth-order valence-electron chi connectivity index (χ4n) is 2.61. The van der Waals surface area contributed by atoms with E-state index in [0.717, 1.165) is 16.2 Å². The van der Waals surface area contributed by atoms with E-state index in [2.05, 4.69) is 16.0 Å². The number of hydrogen-bond acceptors (Lipinski definition) is 4. The number of fused-ring (bicyclic) bond motifs is 1. The molecule has 3 N–H and O–H groups in total. The molecule has 2 aromatic carbocycles. The highest BCUT2D eigenvalue weighted by atomic mass is 32.2. The molecule has 1 aliphatic rings. The summed E-state index contributed by atoms with van der Waals surface area (Å²) in [7, 11) is 0. The van der Waals surface area contributed by atoms with Gasteiger partial charge in [0.25, 0.3) is 5.91 Å². The highest BCUT2D eigenvalue weighted by Crippen LogP contribution is 2.31. The molecule has 3 rings (SSSR count). The third-order valence-electron chi connectivity index (χ3n) is 3.80. The van der Waals surface area contributed by atoms with Crippen LogP contribution in [-0.4, -0.2) is 23.5 Å². The largest absolute Gasteiger partial charge is 0.348 e. The topological polar surface area (TPSA) is 87.3 Å². The van der Waals surface area contributed by atoms with Crippen molar-refractivity contribution in [3.63, 3.8) is 0 Å². The number of benzene rings is 2. The molecule has 0 bridgehead atoms. The van der Waals surface area contributed by atoms with Crippen molar-refractivity contribution < 1.29 is 14.4 Å². The zero-order valence-electron chi connectivity index (χ0n) is 14.3. The molecule has 6 nitrogen and oxygen atoms in total. The number of nitrogens with one attached hydrogen (secondary N) is 3.